The smallest absolute Gasteiger partial charge is 0.171 e. The van der Waals surface area contributed by atoms with Crippen LogP contribution in [0.15, 0.2) is 49.3 Å². The van der Waals surface area contributed by atoms with Gasteiger partial charge in [-0.25, -0.2) is 15.0 Å². The number of aromatic nitrogens is 5. The maximum atomic E-state index is 4.69. The van der Waals surface area contributed by atoms with Crippen molar-refractivity contribution in [1.29, 1.82) is 0 Å². The first kappa shape index (κ1) is 17.5. The summed E-state index contributed by atoms with van der Waals surface area (Å²) in [4.78, 5) is 22.4. The summed E-state index contributed by atoms with van der Waals surface area (Å²) >= 11 is 0. The Morgan fingerprint density at radius 3 is 2.81 bits per heavy atom. The summed E-state index contributed by atoms with van der Waals surface area (Å²) in [6.45, 7) is 2.71. The van der Waals surface area contributed by atoms with E-state index in [2.05, 4.69) is 36.7 Å². The Hall–Kier alpha value is -2.96. The fourth-order valence-corrected chi connectivity index (χ4v) is 3.74. The van der Waals surface area contributed by atoms with Gasteiger partial charge in [0.2, 0.25) is 0 Å². The molecule has 0 radical (unpaired) electrons. The molecule has 1 unspecified atom stereocenters. The Balaban J connectivity index is 1.56. The molecule has 7 heteroatoms. The lowest BCUT2D eigenvalue weighted by atomic mass is 9.97. The summed E-state index contributed by atoms with van der Waals surface area (Å²) < 4.78 is 2.24. The van der Waals surface area contributed by atoms with Gasteiger partial charge in [0.1, 0.15) is 5.82 Å². The predicted octanol–water partition coefficient (Wildman–Crippen LogP) is 2.57. The molecule has 0 aliphatic carbocycles. The Kier molecular flexibility index (Phi) is 5.00. The van der Waals surface area contributed by atoms with E-state index in [0.29, 0.717) is 5.92 Å². The van der Waals surface area contributed by atoms with Gasteiger partial charge in [-0.1, -0.05) is 6.07 Å². The quantitative estimate of drug-likeness (QED) is 0.694. The molecule has 0 spiro atoms. The molecule has 1 fully saturated rings. The van der Waals surface area contributed by atoms with E-state index in [1.807, 2.05) is 37.5 Å². The van der Waals surface area contributed by atoms with Crippen LogP contribution in [0.1, 0.15) is 30.1 Å². The monoisotopic (exact) mass is 363 g/mol. The molecule has 1 aliphatic rings. The number of rotatable bonds is 5. The molecule has 0 bridgehead atoms. The van der Waals surface area contributed by atoms with Crippen molar-refractivity contribution >= 4 is 11.6 Å². The summed E-state index contributed by atoms with van der Waals surface area (Å²) in [5.41, 5.74) is 1.19. The SMILES string of the molecule is CN(C)c1nccnc1N1CCCC(c2nccn2Cc2cccnc2)C1. The van der Waals surface area contributed by atoms with E-state index in [4.69, 9.17) is 4.98 Å². The third kappa shape index (κ3) is 3.77. The molecular weight excluding hydrogens is 338 g/mol. The summed E-state index contributed by atoms with van der Waals surface area (Å²) in [6, 6.07) is 4.08. The highest BCUT2D eigenvalue weighted by atomic mass is 15.3. The molecule has 1 aliphatic heterocycles. The molecule has 140 valence electrons. The van der Waals surface area contributed by atoms with Gasteiger partial charge in [0.25, 0.3) is 0 Å². The van der Waals surface area contributed by atoms with Crippen molar-refractivity contribution in [3.8, 4) is 0 Å². The first-order valence-corrected chi connectivity index (χ1v) is 9.35. The van der Waals surface area contributed by atoms with Crippen molar-refractivity contribution in [3.63, 3.8) is 0 Å². The second-order valence-electron chi connectivity index (χ2n) is 7.16. The molecule has 0 saturated carbocycles. The maximum absolute atomic E-state index is 4.69. The third-order valence-corrected chi connectivity index (χ3v) is 4.99. The zero-order valence-electron chi connectivity index (χ0n) is 15.9. The van der Waals surface area contributed by atoms with Crippen molar-refractivity contribution in [2.75, 3.05) is 37.0 Å². The lowest BCUT2D eigenvalue weighted by molar-refractivity contribution is 0.474. The lowest BCUT2D eigenvalue weighted by Gasteiger charge is -2.34. The number of imidazole rings is 1. The van der Waals surface area contributed by atoms with Crippen molar-refractivity contribution in [2.24, 2.45) is 0 Å². The van der Waals surface area contributed by atoms with Crippen LogP contribution in [-0.4, -0.2) is 51.7 Å². The highest BCUT2D eigenvalue weighted by Gasteiger charge is 2.27. The highest BCUT2D eigenvalue weighted by Crippen LogP contribution is 2.31. The number of nitrogens with zero attached hydrogens (tertiary/aromatic N) is 7. The summed E-state index contributed by atoms with van der Waals surface area (Å²) in [5.74, 6) is 3.38. The Bertz CT molecular complexity index is 875. The zero-order chi connectivity index (χ0) is 18.6. The third-order valence-electron chi connectivity index (χ3n) is 4.99. The molecule has 4 rings (SSSR count). The van der Waals surface area contributed by atoms with E-state index in [1.165, 1.54) is 5.56 Å². The van der Waals surface area contributed by atoms with Gasteiger partial charge in [-0.2, -0.15) is 0 Å². The number of anilines is 2. The average molecular weight is 363 g/mol. The highest BCUT2D eigenvalue weighted by molar-refractivity contribution is 5.61. The van der Waals surface area contributed by atoms with E-state index in [9.17, 15) is 0 Å². The molecule has 3 aromatic rings. The van der Waals surface area contributed by atoms with Crippen molar-refractivity contribution < 1.29 is 0 Å². The number of hydrogen-bond acceptors (Lipinski definition) is 6. The van der Waals surface area contributed by atoms with E-state index in [0.717, 1.165) is 49.9 Å². The van der Waals surface area contributed by atoms with Crippen LogP contribution in [0.4, 0.5) is 11.6 Å². The fourth-order valence-electron chi connectivity index (χ4n) is 3.74. The minimum Gasteiger partial charge on any atom is -0.360 e. The standard InChI is InChI=1S/C20H25N7/c1-25(2)19-20(23-9-8-22-19)26-11-4-6-17(15-26)18-24-10-12-27(18)14-16-5-3-7-21-13-16/h3,5,7-10,12-13,17H,4,6,11,14-15H2,1-2H3. The minimum atomic E-state index is 0.377. The fraction of sp³-hybridized carbons (Fsp3) is 0.400. The summed E-state index contributed by atoms with van der Waals surface area (Å²) in [7, 11) is 4.02. The van der Waals surface area contributed by atoms with E-state index < -0.39 is 0 Å². The van der Waals surface area contributed by atoms with E-state index in [-0.39, 0.29) is 0 Å². The number of piperidine rings is 1. The molecule has 7 nitrogen and oxygen atoms in total. The van der Waals surface area contributed by atoms with Crippen LogP contribution >= 0.6 is 0 Å². The second-order valence-corrected chi connectivity index (χ2v) is 7.16. The van der Waals surface area contributed by atoms with E-state index >= 15 is 0 Å². The lowest BCUT2D eigenvalue weighted by Crippen LogP contribution is -2.37. The van der Waals surface area contributed by atoms with Crippen LogP contribution in [0.25, 0.3) is 0 Å². The molecule has 1 saturated heterocycles. The molecule has 27 heavy (non-hydrogen) atoms. The van der Waals surface area contributed by atoms with Gasteiger partial charge in [-0.15, -0.1) is 0 Å². The van der Waals surface area contributed by atoms with Crippen LogP contribution in [0.2, 0.25) is 0 Å². The predicted molar refractivity (Wildman–Crippen MR) is 106 cm³/mol. The molecule has 0 N–H and O–H groups in total. The van der Waals surface area contributed by atoms with Crippen LogP contribution < -0.4 is 9.80 Å². The molecular formula is C20H25N7. The van der Waals surface area contributed by atoms with Gasteiger partial charge in [0, 0.05) is 70.3 Å². The van der Waals surface area contributed by atoms with Crippen molar-refractivity contribution in [2.45, 2.75) is 25.3 Å². The molecule has 0 amide bonds. The first-order valence-electron chi connectivity index (χ1n) is 9.35. The topological polar surface area (TPSA) is 63.0 Å². The molecule has 4 heterocycles. The Morgan fingerprint density at radius 2 is 2.00 bits per heavy atom. The van der Waals surface area contributed by atoms with Gasteiger partial charge in [0.15, 0.2) is 11.6 Å². The van der Waals surface area contributed by atoms with Gasteiger partial charge < -0.3 is 14.4 Å². The van der Waals surface area contributed by atoms with Crippen LogP contribution in [0.3, 0.4) is 0 Å². The summed E-state index contributed by atoms with van der Waals surface area (Å²) in [6.07, 6.45) is 13.5. The summed E-state index contributed by atoms with van der Waals surface area (Å²) in [5, 5.41) is 0. The normalized spacial score (nSPS) is 17.1. The molecule has 3 aromatic heterocycles. The molecule has 0 aromatic carbocycles. The average Bonchev–Trinajstić information content (AvgIpc) is 3.17. The largest absolute Gasteiger partial charge is 0.360 e. The van der Waals surface area contributed by atoms with Crippen molar-refractivity contribution in [3.05, 3.63) is 60.7 Å². The van der Waals surface area contributed by atoms with Crippen LogP contribution in [0.5, 0.6) is 0 Å². The van der Waals surface area contributed by atoms with Crippen LogP contribution in [0, 0.1) is 0 Å². The van der Waals surface area contributed by atoms with Gasteiger partial charge >= 0.3 is 0 Å². The molecule has 1 atom stereocenters. The Morgan fingerprint density at radius 1 is 1.11 bits per heavy atom. The zero-order valence-corrected chi connectivity index (χ0v) is 15.9. The minimum absolute atomic E-state index is 0.377. The van der Waals surface area contributed by atoms with E-state index in [1.54, 1.807) is 18.6 Å². The van der Waals surface area contributed by atoms with Gasteiger partial charge in [0.05, 0.1) is 6.54 Å². The Labute approximate surface area is 159 Å². The first-order chi connectivity index (χ1) is 13.2. The van der Waals surface area contributed by atoms with Gasteiger partial charge in [-0.3, -0.25) is 4.98 Å². The number of pyridine rings is 1. The second kappa shape index (κ2) is 7.73. The van der Waals surface area contributed by atoms with Crippen LogP contribution in [-0.2, 0) is 6.54 Å². The maximum Gasteiger partial charge on any atom is 0.171 e. The van der Waals surface area contributed by atoms with Gasteiger partial charge in [-0.05, 0) is 24.5 Å². The number of hydrogen-bond donors (Lipinski definition) is 0. The van der Waals surface area contributed by atoms with Crippen molar-refractivity contribution in [1.82, 2.24) is 24.5 Å².